The van der Waals surface area contributed by atoms with E-state index < -0.39 is 27.8 Å². The Morgan fingerprint density at radius 1 is 0.907 bits per heavy atom. The number of carbonyl (C=O) groups is 3. The lowest BCUT2D eigenvalue weighted by atomic mass is 10.1. The summed E-state index contributed by atoms with van der Waals surface area (Å²) in [6.07, 6.45) is 1.45. The van der Waals surface area contributed by atoms with Crippen LogP contribution in [0.15, 0.2) is 108 Å². The molecule has 0 aliphatic carbocycles. The number of thioether (sulfide) groups is 1. The number of nitro groups is 1. The van der Waals surface area contributed by atoms with Gasteiger partial charge in [0.1, 0.15) is 11.5 Å². The molecular weight excluding hydrogens is 571 g/mol. The van der Waals surface area contributed by atoms with E-state index in [1.807, 2.05) is 0 Å². The summed E-state index contributed by atoms with van der Waals surface area (Å²) in [6.45, 7) is 3.42. The molecule has 1 atom stereocenters. The summed E-state index contributed by atoms with van der Waals surface area (Å²) < 4.78 is 13.4. The highest BCUT2D eigenvalue weighted by molar-refractivity contribution is 8.00. The zero-order valence-electron chi connectivity index (χ0n) is 23.2. The van der Waals surface area contributed by atoms with E-state index in [4.69, 9.17) is 0 Å². The third-order valence-corrected chi connectivity index (χ3v) is 7.29. The molecule has 0 saturated carbocycles. The number of non-ortho nitro benzene ring substituents is 1. The molecule has 0 aliphatic rings. The minimum absolute atomic E-state index is 0.0363. The van der Waals surface area contributed by atoms with Crippen molar-refractivity contribution >= 4 is 52.6 Å². The maximum absolute atomic E-state index is 13.4. The number of amides is 3. The number of rotatable bonds is 10. The first-order chi connectivity index (χ1) is 20.6. The van der Waals surface area contributed by atoms with Crippen molar-refractivity contribution in [1.82, 2.24) is 5.32 Å². The molecule has 0 fully saturated rings. The van der Waals surface area contributed by atoms with E-state index in [0.29, 0.717) is 28.1 Å². The highest BCUT2D eigenvalue weighted by atomic mass is 32.2. The van der Waals surface area contributed by atoms with Crippen molar-refractivity contribution in [2.75, 3.05) is 10.6 Å². The summed E-state index contributed by atoms with van der Waals surface area (Å²) in [5.74, 6) is -1.76. The van der Waals surface area contributed by atoms with Crippen LogP contribution in [0.4, 0.5) is 21.5 Å². The summed E-state index contributed by atoms with van der Waals surface area (Å²) in [5.41, 5.74) is 2.31. The molecule has 218 valence electrons. The van der Waals surface area contributed by atoms with Crippen LogP contribution < -0.4 is 16.0 Å². The van der Waals surface area contributed by atoms with Gasteiger partial charge in [-0.15, -0.1) is 11.8 Å². The molecule has 3 N–H and O–H groups in total. The van der Waals surface area contributed by atoms with Crippen molar-refractivity contribution in [3.8, 4) is 0 Å². The van der Waals surface area contributed by atoms with Gasteiger partial charge in [0.25, 0.3) is 17.5 Å². The minimum atomic E-state index is -0.583. The van der Waals surface area contributed by atoms with Gasteiger partial charge in [0.05, 0.1) is 10.2 Å². The Kier molecular flexibility index (Phi) is 10.0. The molecule has 0 aromatic heterocycles. The van der Waals surface area contributed by atoms with E-state index in [-0.39, 0.29) is 17.3 Å². The fourth-order valence-corrected chi connectivity index (χ4v) is 4.74. The van der Waals surface area contributed by atoms with Gasteiger partial charge in [-0.25, -0.2) is 4.39 Å². The van der Waals surface area contributed by atoms with Crippen LogP contribution in [-0.4, -0.2) is 27.9 Å². The Hall–Kier alpha value is -5.29. The van der Waals surface area contributed by atoms with Gasteiger partial charge in [-0.3, -0.25) is 24.5 Å². The van der Waals surface area contributed by atoms with Crippen molar-refractivity contribution < 1.29 is 23.7 Å². The first-order valence-electron chi connectivity index (χ1n) is 13.1. The number of benzene rings is 4. The lowest BCUT2D eigenvalue weighted by Crippen LogP contribution is -2.30. The summed E-state index contributed by atoms with van der Waals surface area (Å²) in [5, 5.41) is 18.6. The number of hydrogen-bond donors (Lipinski definition) is 3. The van der Waals surface area contributed by atoms with Crippen molar-refractivity contribution in [2.45, 2.75) is 24.0 Å². The molecule has 11 heteroatoms. The average molecular weight is 599 g/mol. The molecule has 4 rings (SSSR count). The van der Waals surface area contributed by atoms with E-state index in [9.17, 15) is 28.9 Å². The van der Waals surface area contributed by atoms with Gasteiger partial charge in [-0.1, -0.05) is 30.3 Å². The molecule has 4 aromatic rings. The number of nitrogens with one attached hydrogen (secondary N) is 3. The van der Waals surface area contributed by atoms with Gasteiger partial charge in [0, 0.05) is 34.0 Å². The normalized spacial score (nSPS) is 11.7. The number of anilines is 2. The van der Waals surface area contributed by atoms with E-state index in [2.05, 4.69) is 16.0 Å². The van der Waals surface area contributed by atoms with Crippen LogP contribution in [0.2, 0.25) is 0 Å². The predicted octanol–water partition coefficient (Wildman–Crippen LogP) is 6.57. The summed E-state index contributed by atoms with van der Waals surface area (Å²) in [4.78, 5) is 50.0. The van der Waals surface area contributed by atoms with Crippen LogP contribution in [0.3, 0.4) is 0 Å². The number of aryl methyl sites for hydroxylation is 1. The lowest BCUT2D eigenvalue weighted by molar-refractivity contribution is -0.384. The lowest BCUT2D eigenvalue weighted by Gasteiger charge is -2.14. The van der Waals surface area contributed by atoms with Gasteiger partial charge >= 0.3 is 0 Å². The second kappa shape index (κ2) is 14.1. The SMILES string of the molecule is Cc1cc([N+](=O)[O-])ccc1NC(=O)C(C)Sc1ccc(NC(=O)/C(=C/c2ccc(F)cc2)NC(=O)c2ccccc2)cc1. The molecule has 3 amide bonds. The third kappa shape index (κ3) is 8.60. The first-order valence-corrected chi connectivity index (χ1v) is 13.9. The Balaban J connectivity index is 1.41. The summed E-state index contributed by atoms with van der Waals surface area (Å²) in [6, 6.07) is 25.0. The fraction of sp³-hybridized carbons (Fsp3) is 0.0938. The monoisotopic (exact) mass is 598 g/mol. The highest BCUT2D eigenvalue weighted by Gasteiger charge is 2.18. The van der Waals surface area contributed by atoms with Crippen LogP contribution in [0.1, 0.15) is 28.4 Å². The van der Waals surface area contributed by atoms with E-state index in [1.54, 1.807) is 68.4 Å². The molecule has 0 bridgehead atoms. The zero-order valence-corrected chi connectivity index (χ0v) is 24.0. The maximum Gasteiger partial charge on any atom is 0.272 e. The van der Waals surface area contributed by atoms with E-state index >= 15 is 0 Å². The maximum atomic E-state index is 13.4. The quantitative estimate of drug-likeness (QED) is 0.0819. The van der Waals surface area contributed by atoms with Gasteiger partial charge in [-0.05, 0) is 85.6 Å². The van der Waals surface area contributed by atoms with E-state index in [0.717, 1.165) is 4.90 Å². The van der Waals surface area contributed by atoms with Crippen LogP contribution in [0.5, 0.6) is 0 Å². The second-order valence-electron chi connectivity index (χ2n) is 9.41. The van der Waals surface area contributed by atoms with Crippen molar-refractivity contribution in [1.29, 1.82) is 0 Å². The van der Waals surface area contributed by atoms with Crippen LogP contribution in [0, 0.1) is 22.9 Å². The van der Waals surface area contributed by atoms with Crippen LogP contribution >= 0.6 is 11.8 Å². The van der Waals surface area contributed by atoms with Crippen molar-refractivity contribution in [3.63, 3.8) is 0 Å². The number of nitrogens with zero attached hydrogens (tertiary/aromatic N) is 1. The molecule has 0 spiro atoms. The largest absolute Gasteiger partial charge is 0.325 e. The Bertz CT molecular complexity index is 1680. The molecule has 0 radical (unpaired) electrons. The molecule has 4 aromatic carbocycles. The van der Waals surface area contributed by atoms with Crippen molar-refractivity contribution in [2.24, 2.45) is 0 Å². The Morgan fingerprint density at radius 3 is 2.21 bits per heavy atom. The average Bonchev–Trinajstić information content (AvgIpc) is 3.00. The summed E-state index contributed by atoms with van der Waals surface area (Å²) >= 11 is 1.30. The minimum Gasteiger partial charge on any atom is -0.325 e. The van der Waals surface area contributed by atoms with E-state index in [1.165, 1.54) is 60.3 Å². The van der Waals surface area contributed by atoms with Gasteiger partial charge in [0.15, 0.2) is 0 Å². The fourth-order valence-electron chi connectivity index (χ4n) is 3.88. The molecule has 43 heavy (non-hydrogen) atoms. The summed E-state index contributed by atoms with van der Waals surface area (Å²) in [7, 11) is 0. The topological polar surface area (TPSA) is 130 Å². The Labute approximate surface area is 251 Å². The van der Waals surface area contributed by atoms with Crippen molar-refractivity contribution in [3.05, 3.63) is 135 Å². The smallest absolute Gasteiger partial charge is 0.272 e. The molecule has 0 heterocycles. The van der Waals surface area contributed by atoms with Crippen LogP contribution in [-0.2, 0) is 9.59 Å². The molecule has 0 aliphatic heterocycles. The predicted molar refractivity (Wildman–Crippen MR) is 165 cm³/mol. The molecule has 1 unspecified atom stereocenters. The number of nitro benzene ring substituents is 1. The second-order valence-corrected chi connectivity index (χ2v) is 10.8. The molecule has 9 nitrogen and oxygen atoms in total. The highest BCUT2D eigenvalue weighted by Crippen LogP contribution is 2.27. The standard InChI is InChI=1S/C32H27FN4O5S/c1-20-18-26(37(41)42)14-17-28(20)35-30(38)21(2)43-27-15-12-25(13-16-27)34-32(40)29(19-22-8-10-24(33)11-9-22)36-31(39)23-6-4-3-5-7-23/h3-19,21H,1-2H3,(H,34,40)(H,35,38)(H,36,39)/b29-19-. The molecule has 0 saturated heterocycles. The number of halogens is 1. The first kappa shape index (κ1) is 30.7. The number of hydrogen-bond acceptors (Lipinski definition) is 6. The van der Waals surface area contributed by atoms with Gasteiger partial charge in [-0.2, -0.15) is 0 Å². The van der Waals surface area contributed by atoms with Gasteiger partial charge < -0.3 is 16.0 Å². The zero-order chi connectivity index (χ0) is 30.9. The molecular formula is C32H27FN4O5S. The Morgan fingerprint density at radius 2 is 1.58 bits per heavy atom. The van der Waals surface area contributed by atoms with Crippen LogP contribution in [0.25, 0.3) is 6.08 Å². The number of carbonyl (C=O) groups excluding carboxylic acids is 3. The third-order valence-electron chi connectivity index (χ3n) is 6.18. The van der Waals surface area contributed by atoms with Gasteiger partial charge in [0.2, 0.25) is 5.91 Å².